The molecule has 1 aliphatic rings. The Morgan fingerprint density at radius 3 is 2.44 bits per heavy atom. The number of benzene rings is 1. The van der Waals surface area contributed by atoms with Crippen molar-refractivity contribution in [2.24, 2.45) is 0 Å². The Labute approximate surface area is 148 Å². The number of fused-ring (bicyclic) bond motifs is 1. The smallest absolute Gasteiger partial charge is 0.227 e. The number of anilines is 1. The average Bonchev–Trinajstić information content (AvgIpc) is 2.79. The van der Waals surface area contributed by atoms with Crippen LogP contribution in [0.4, 0.5) is 5.95 Å². The Bertz CT molecular complexity index is 781. The van der Waals surface area contributed by atoms with Gasteiger partial charge in [0, 0.05) is 30.0 Å². The molecule has 0 aliphatic carbocycles. The predicted molar refractivity (Wildman–Crippen MR) is 96.6 cm³/mol. The van der Waals surface area contributed by atoms with Gasteiger partial charge < -0.3 is 15.4 Å². The van der Waals surface area contributed by atoms with Crippen LogP contribution in [0.2, 0.25) is 0 Å². The van der Waals surface area contributed by atoms with Gasteiger partial charge in [-0.3, -0.25) is 4.79 Å². The van der Waals surface area contributed by atoms with Crippen LogP contribution in [-0.4, -0.2) is 41.0 Å². The zero-order chi connectivity index (χ0) is 18.0. The SMILES string of the molecule is COc1ccc2c(c1)CCN(C(=O)Cc1c(C)nc(N)nc1C)CC2. The van der Waals surface area contributed by atoms with Gasteiger partial charge in [0.1, 0.15) is 5.75 Å². The number of carbonyl (C=O) groups excluding carboxylic acids is 1. The van der Waals surface area contributed by atoms with Gasteiger partial charge in [-0.1, -0.05) is 6.07 Å². The van der Waals surface area contributed by atoms with Crippen molar-refractivity contribution in [3.8, 4) is 5.75 Å². The number of nitrogens with zero attached hydrogens (tertiary/aromatic N) is 3. The first-order valence-corrected chi connectivity index (χ1v) is 8.51. The monoisotopic (exact) mass is 340 g/mol. The number of rotatable bonds is 3. The molecule has 3 rings (SSSR count). The van der Waals surface area contributed by atoms with Gasteiger partial charge >= 0.3 is 0 Å². The standard InChI is InChI=1S/C19H24N4O2/c1-12-17(13(2)22-19(20)21-12)11-18(24)23-8-6-14-4-5-16(25-3)10-15(14)7-9-23/h4-5,10H,6-9,11H2,1-3H3,(H2,20,21,22). The van der Waals surface area contributed by atoms with Crippen LogP contribution in [0.1, 0.15) is 28.1 Å². The number of ether oxygens (including phenoxy) is 1. The van der Waals surface area contributed by atoms with Gasteiger partial charge in [-0.15, -0.1) is 0 Å². The Balaban J connectivity index is 1.72. The molecule has 6 heteroatoms. The molecule has 6 nitrogen and oxygen atoms in total. The van der Waals surface area contributed by atoms with E-state index < -0.39 is 0 Å². The number of nitrogens with two attached hydrogens (primary N) is 1. The van der Waals surface area contributed by atoms with Gasteiger partial charge in [0.15, 0.2) is 0 Å². The largest absolute Gasteiger partial charge is 0.497 e. The van der Waals surface area contributed by atoms with Crippen molar-refractivity contribution >= 4 is 11.9 Å². The van der Waals surface area contributed by atoms with Crippen molar-refractivity contribution in [1.29, 1.82) is 0 Å². The number of aryl methyl sites for hydroxylation is 2. The molecule has 0 fully saturated rings. The number of aromatic nitrogens is 2. The van der Waals surface area contributed by atoms with Crippen molar-refractivity contribution < 1.29 is 9.53 Å². The summed E-state index contributed by atoms with van der Waals surface area (Å²) in [5.74, 6) is 1.23. The number of amides is 1. The van der Waals surface area contributed by atoms with E-state index in [1.54, 1.807) is 7.11 Å². The van der Waals surface area contributed by atoms with Gasteiger partial charge in [-0.25, -0.2) is 9.97 Å². The fraction of sp³-hybridized carbons (Fsp3) is 0.421. The van der Waals surface area contributed by atoms with E-state index in [0.29, 0.717) is 13.0 Å². The van der Waals surface area contributed by atoms with Crippen molar-refractivity contribution in [2.45, 2.75) is 33.1 Å². The second-order valence-corrected chi connectivity index (χ2v) is 6.42. The molecule has 2 heterocycles. The van der Waals surface area contributed by atoms with Gasteiger partial charge in [0.2, 0.25) is 11.9 Å². The second-order valence-electron chi connectivity index (χ2n) is 6.42. The van der Waals surface area contributed by atoms with E-state index in [1.807, 2.05) is 24.8 Å². The molecule has 0 saturated heterocycles. The minimum atomic E-state index is 0.111. The summed E-state index contributed by atoms with van der Waals surface area (Å²) in [6.07, 6.45) is 2.02. The first-order chi connectivity index (χ1) is 12.0. The first kappa shape index (κ1) is 17.2. The summed E-state index contributed by atoms with van der Waals surface area (Å²) in [6.45, 7) is 5.19. The van der Waals surface area contributed by atoms with Crippen molar-refractivity contribution in [3.63, 3.8) is 0 Å². The molecule has 1 aliphatic heterocycles. The number of nitrogen functional groups attached to an aromatic ring is 1. The molecular formula is C19H24N4O2. The number of methoxy groups -OCH3 is 1. The quantitative estimate of drug-likeness (QED) is 0.922. The zero-order valence-electron chi connectivity index (χ0n) is 15.0. The van der Waals surface area contributed by atoms with Crippen LogP contribution in [0.15, 0.2) is 18.2 Å². The van der Waals surface area contributed by atoms with E-state index in [1.165, 1.54) is 11.1 Å². The van der Waals surface area contributed by atoms with Crippen molar-refractivity contribution in [2.75, 3.05) is 25.9 Å². The molecule has 1 aromatic carbocycles. The topological polar surface area (TPSA) is 81.3 Å². The molecule has 0 atom stereocenters. The number of hydrogen-bond acceptors (Lipinski definition) is 5. The molecule has 0 unspecified atom stereocenters. The summed E-state index contributed by atoms with van der Waals surface area (Å²) in [5, 5.41) is 0. The highest BCUT2D eigenvalue weighted by molar-refractivity contribution is 5.79. The van der Waals surface area contributed by atoms with Crippen LogP contribution >= 0.6 is 0 Å². The minimum Gasteiger partial charge on any atom is -0.497 e. The fourth-order valence-electron chi connectivity index (χ4n) is 3.36. The second kappa shape index (κ2) is 7.09. The summed E-state index contributed by atoms with van der Waals surface area (Å²) in [6, 6.07) is 6.16. The van der Waals surface area contributed by atoms with Crippen LogP contribution in [-0.2, 0) is 24.1 Å². The first-order valence-electron chi connectivity index (χ1n) is 8.51. The highest BCUT2D eigenvalue weighted by atomic mass is 16.5. The molecule has 25 heavy (non-hydrogen) atoms. The van der Waals surface area contributed by atoms with Gasteiger partial charge in [0.05, 0.1) is 13.5 Å². The Kier molecular flexibility index (Phi) is 4.88. The molecule has 132 valence electrons. The van der Waals surface area contributed by atoms with E-state index in [-0.39, 0.29) is 11.9 Å². The van der Waals surface area contributed by atoms with Gasteiger partial charge in [-0.2, -0.15) is 0 Å². The maximum Gasteiger partial charge on any atom is 0.227 e. The van der Waals surface area contributed by atoms with Crippen molar-refractivity contribution in [3.05, 3.63) is 46.3 Å². The molecule has 0 saturated carbocycles. The lowest BCUT2D eigenvalue weighted by atomic mass is 10.0. The molecule has 1 amide bonds. The molecule has 0 spiro atoms. The molecule has 1 aromatic heterocycles. The van der Waals surface area contributed by atoms with E-state index >= 15 is 0 Å². The molecule has 0 bridgehead atoms. The Morgan fingerprint density at radius 1 is 1.16 bits per heavy atom. The zero-order valence-corrected chi connectivity index (χ0v) is 15.0. The van der Waals surface area contributed by atoms with E-state index in [0.717, 1.165) is 42.1 Å². The summed E-state index contributed by atoms with van der Waals surface area (Å²) in [5.41, 5.74) is 10.7. The van der Waals surface area contributed by atoms with Crippen LogP contribution < -0.4 is 10.5 Å². The minimum absolute atomic E-state index is 0.111. The molecule has 0 radical (unpaired) electrons. The molecule has 2 aromatic rings. The normalized spacial score (nSPS) is 14.0. The summed E-state index contributed by atoms with van der Waals surface area (Å²) >= 11 is 0. The van der Waals surface area contributed by atoms with E-state index in [9.17, 15) is 4.79 Å². The Morgan fingerprint density at radius 2 is 1.80 bits per heavy atom. The lowest BCUT2D eigenvalue weighted by Gasteiger charge is -2.21. The summed E-state index contributed by atoms with van der Waals surface area (Å²) < 4.78 is 5.31. The third-order valence-electron chi connectivity index (χ3n) is 4.83. The highest BCUT2D eigenvalue weighted by Crippen LogP contribution is 2.22. The third kappa shape index (κ3) is 3.73. The van der Waals surface area contributed by atoms with Crippen LogP contribution in [0.5, 0.6) is 5.75 Å². The highest BCUT2D eigenvalue weighted by Gasteiger charge is 2.21. The molecular weight excluding hydrogens is 316 g/mol. The average molecular weight is 340 g/mol. The van der Waals surface area contributed by atoms with Crippen LogP contribution in [0.25, 0.3) is 0 Å². The number of carbonyl (C=O) groups is 1. The summed E-state index contributed by atoms with van der Waals surface area (Å²) in [4.78, 5) is 23.1. The maximum atomic E-state index is 12.8. The van der Waals surface area contributed by atoms with Gasteiger partial charge in [0.25, 0.3) is 0 Å². The lowest BCUT2D eigenvalue weighted by Crippen LogP contribution is -2.34. The van der Waals surface area contributed by atoms with E-state index in [2.05, 4.69) is 22.1 Å². The number of hydrogen-bond donors (Lipinski definition) is 1. The fourth-order valence-corrected chi connectivity index (χ4v) is 3.36. The van der Waals surface area contributed by atoms with Crippen LogP contribution in [0.3, 0.4) is 0 Å². The van der Waals surface area contributed by atoms with Crippen molar-refractivity contribution in [1.82, 2.24) is 14.9 Å². The maximum absolute atomic E-state index is 12.8. The lowest BCUT2D eigenvalue weighted by molar-refractivity contribution is -0.130. The molecule has 2 N–H and O–H groups in total. The van der Waals surface area contributed by atoms with E-state index in [4.69, 9.17) is 10.5 Å². The summed E-state index contributed by atoms with van der Waals surface area (Å²) in [7, 11) is 1.67. The van der Waals surface area contributed by atoms with Gasteiger partial charge in [-0.05, 0) is 49.9 Å². The Hall–Kier alpha value is -2.63. The predicted octanol–water partition coefficient (Wildman–Crippen LogP) is 1.85. The third-order valence-corrected chi connectivity index (χ3v) is 4.83. The van der Waals surface area contributed by atoms with Crippen LogP contribution in [0, 0.1) is 13.8 Å².